The first-order valence-electron chi connectivity index (χ1n) is 8.51. The Morgan fingerprint density at radius 2 is 1.96 bits per heavy atom. The molecule has 8 nitrogen and oxygen atoms in total. The number of benzene rings is 1. The topological polar surface area (TPSA) is 131 Å². The first kappa shape index (κ1) is 20.0. The highest BCUT2D eigenvalue weighted by molar-refractivity contribution is 5.93. The number of carbonyl (C=O) groups is 3. The molecule has 1 heterocycles. The molecule has 4 N–H and O–H groups in total. The fourth-order valence-electron chi connectivity index (χ4n) is 2.57. The van der Waals surface area contributed by atoms with Crippen LogP contribution in [0.25, 0.3) is 0 Å². The van der Waals surface area contributed by atoms with Gasteiger partial charge in [0.25, 0.3) is 5.91 Å². The van der Waals surface area contributed by atoms with Crippen LogP contribution >= 0.6 is 0 Å². The zero-order chi connectivity index (χ0) is 19.1. The molecule has 1 fully saturated rings. The number of aliphatic hydroxyl groups is 1. The summed E-state index contributed by atoms with van der Waals surface area (Å²) < 4.78 is 9.75. The number of Topliss-reactive ketones (excluding diaryl/α,β-unsaturated/α-hetero) is 1. The minimum Gasteiger partial charge on any atom is -0.464 e. The zero-order valence-electron chi connectivity index (χ0n) is 14.6. The Morgan fingerprint density at radius 1 is 1.27 bits per heavy atom. The van der Waals surface area contributed by atoms with Gasteiger partial charge in [0.2, 0.25) is 0 Å². The molecule has 0 unspecified atom stereocenters. The van der Waals surface area contributed by atoms with Crippen molar-refractivity contribution < 1.29 is 29.0 Å². The molecular formula is C18H24N2O6. The molecule has 1 saturated heterocycles. The number of epoxide rings is 1. The first-order chi connectivity index (χ1) is 12.5. The quantitative estimate of drug-likeness (QED) is 0.365. The largest absolute Gasteiger partial charge is 0.464 e. The SMILES string of the molecule is CCOC(=O)[C@H]1O[C@@H]1C(=O)NC[C@@H](CO)C(=O)[C@@H](N)Cc1ccccc1. The Labute approximate surface area is 151 Å². The third-order valence-electron chi connectivity index (χ3n) is 4.08. The number of carbonyl (C=O) groups excluding carboxylic acids is 3. The Kier molecular flexibility index (Phi) is 7.26. The van der Waals surface area contributed by atoms with Crippen molar-refractivity contribution in [1.82, 2.24) is 5.32 Å². The van der Waals surface area contributed by atoms with E-state index in [1.165, 1.54) is 0 Å². The van der Waals surface area contributed by atoms with E-state index >= 15 is 0 Å². The fourth-order valence-corrected chi connectivity index (χ4v) is 2.57. The van der Waals surface area contributed by atoms with Crippen LogP contribution in [0.15, 0.2) is 30.3 Å². The molecule has 1 amide bonds. The number of aliphatic hydroxyl groups excluding tert-OH is 1. The van der Waals surface area contributed by atoms with E-state index in [0.717, 1.165) is 5.56 Å². The summed E-state index contributed by atoms with van der Waals surface area (Å²) >= 11 is 0. The number of hydrogen-bond donors (Lipinski definition) is 3. The number of nitrogens with two attached hydrogens (primary N) is 1. The first-order valence-corrected chi connectivity index (χ1v) is 8.51. The van der Waals surface area contributed by atoms with Gasteiger partial charge in [-0.3, -0.25) is 9.59 Å². The Bertz CT molecular complexity index is 636. The highest BCUT2D eigenvalue weighted by Gasteiger charge is 2.51. The number of ketones is 1. The predicted octanol–water partition coefficient (Wildman–Crippen LogP) is -0.819. The standard InChI is InChI=1S/C18H24N2O6/c1-2-25-18(24)16-15(26-16)17(23)20-9-12(10-21)14(22)13(19)8-11-6-4-3-5-7-11/h3-7,12-13,15-16,21H,2,8-10,19H2,1H3,(H,20,23)/t12-,13-,15-,16-/m0/s1. The maximum absolute atomic E-state index is 12.4. The molecule has 0 aliphatic carbocycles. The smallest absolute Gasteiger partial charge is 0.338 e. The van der Waals surface area contributed by atoms with E-state index in [9.17, 15) is 19.5 Å². The molecule has 0 bridgehead atoms. The average molecular weight is 364 g/mol. The summed E-state index contributed by atoms with van der Waals surface area (Å²) in [4.78, 5) is 35.8. The second-order valence-electron chi connectivity index (χ2n) is 6.05. The van der Waals surface area contributed by atoms with E-state index in [1.54, 1.807) is 6.92 Å². The summed E-state index contributed by atoms with van der Waals surface area (Å²) in [5.41, 5.74) is 6.85. The maximum atomic E-state index is 12.4. The van der Waals surface area contributed by atoms with Gasteiger partial charge in [-0.15, -0.1) is 0 Å². The second-order valence-corrected chi connectivity index (χ2v) is 6.05. The summed E-state index contributed by atoms with van der Waals surface area (Å²) in [7, 11) is 0. The predicted molar refractivity (Wildman–Crippen MR) is 92.0 cm³/mol. The van der Waals surface area contributed by atoms with E-state index in [-0.39, 0.29) is 18.9 Å². The van der Waals surface area contributed by atoms with Crippen molar-refractivity contribution >= 4 is 17.7 Å². The van der Waals surface area contributed by atoms with Gasteiger partial charge in [-0.05, 0) is 18.9 Å². The third kappa shape index (κ3) is 5.35. The normalized spacial score (nSPS) is 20.7. The van der Waals surface area contributed by atoms with Crippen LogP contribution in [0, 0.1) is 5.92 Å². The van der Waals surface area contributed by atoms with Crippen molar-refractivity contribution in [3.63, 3.8) is 0 Å². The fraction of sp³-hybridized carbons (Fsp3) is 0.500. The van der Waals surface area contributed by atoms with Crippen molar-refractivity contribution in [3.05, 3.63) is 35.9 Å². The highest BCUT2D eigenvalue weighted by Crippen LogP contribution is 2.23. The summed E-state index contributed by atoms with van der Waals surface area (Å²) in [6.45, 7) is 1.35. The molecule has 1 aliphatic heterocycles. The number of esters is 1. The van der Waals surface area contributed by atoms with E-state index in [4.69, 9.17) is 15.2 Å². The molecule has 142 valence electrons. The summed E-state index contributed by atoms with van der Waals surface area (Å²) in [5, 5.41) is 12.0. The Hall–Kier alpha value is -2.29. The summed E-state index contributed by atoms with van der Waals surface area (Å²) in [6.07, 6.45) is -1.47. The summed E-state index contributed by atoms with van der Waals surface area (Å²) in [6, 6.07) is 8.52. The Morgan fingerprint density at radius 3 is 2.58 bits per heavy atom. The minimum atomic E-state index is -0.915. The van der Waals surface area contributed by atoms with Gasteiger partial charge in [-0.1, -0.05) is 30.3 Å². The van der Waals surface area contributed by atoms with Crippen LogP contribution in [0.3, 0.4) is 0 Å². The molecule has 0 aromatic heterocycles. The van der Waals surface area contributed by atoms with Gasteiger partial charge in [0, 0.05) is 6.54 Å². The molecule has 2 rings (SSSR count). The van der Waals surface area contributed by atoms with Crippen molar-refractivity contribution in [2.75, 3.05) is 19.8 Å². The van der Waals surface area contributed by atoms with Gasteiger partial charge in [0.05, 0.1) is 25.2 Å². The van der Waals surface area contributed by atoms with Crippen LogP contribution in [-0.2, 0) is 30.3 Å². The third-order valence-corrected chi connectivity index (χ3v) is 4.08. The number of amides is 1. The van der Waals surface area contributed by atoms with Crippen molar-refractivity contribution in [3.8, 4) is 0 Å². The number of hydrogen-bond acceptors (Lipinski definition) is 7. The summed E-state index contributed by atoms with van der Waals surface area (Å²) in [5.74, 6) is -2.27. The molecule has 0 radical (unpaired) electrons. The van der Waals surface area contributed by atoms with E-state index in [1.807, 2.05) is 30.3 Å². The van der Waals surface area contributed by atoms with Crippen LogP contribution in [-0.4, -0.2) is 60.8 Å². The van der Waals surface area contributed by atoms with Crippen molar-refractivity contribution in [2.45, 2.75) is 31.6 Å². The van der Waals surface area contributed by atoms with E-state index in [0.29, 0.717) is 6.42 Å². The van der Waals surface area contributed by atoms with Crippen molar-refractivity contribution in [2.24, 2.45) is 11.7 Å². The zero-order valence-corrected chi connectivity index (χ0v) is 14.6. The molecule has 0 saturated carbocycles. The maximum Gasteiger partial charge on any atom is 0.338 e. The number of rotatable bonds is 10. The van der Waals surface area contributed by atoms with Crippen LogP contribution in [0.4, 0.5) is 0 Å². The number of nitrogens with one attached hydrogen (secondary N) is 1. The molecule has 1 aliphatic rings. The molecular weight excluding hydrogens is 340 g/mol. The van der Waals surface area contributed by atoms with Gasteiger partial charge in [-0.25, -0.2) is 4.79 Å². The highest BCUT2D eigenvalue weighted by atomic mass is 16.6. The average Bonchev–Trinajstić information content (AvgIpc) is 3.44. The lowest BCUT2D eigenvalue weighted by molar-refractivity contribution is -0.144. The molecule has 8 heteroatoms. The van der Waals surface area contributed by atoms with E-state index in [2.05, 4.69) is 5.32 Å². The molecule has 1 aromatic rings. The van der Waals surface area contributed by atoms with Gasteiger partial charge in [0.1, 0.15) is 0 Å². The van der Waals surface area contributed by atoms with Gasteiger partial charge in [0.15, 0.2) is 18.0 Å². The van der Waals surface area contributed by atoms with Crippen LogP contribution < -0.4 is 11.1 Å². The minimum absolute atomic E-state index is 0.0773. The lowest BCUT2D eigenvalue weighted by Crippen LogP contribution is -2.44. The van der Waals surface area contributed by atoms with Crippen LogP contribution in [0.1, 0.15) is 12.5 Å². The molecule has 1 aromatic carbocycles. The van der Waals surface area contributed by atoms with Crippen LogP contribution in [0.2, 0.25) is 0 Å². The van der Waals surface area contributed by atoms with Gasteiger partial charge >= 0.3 is 5.97 Å². The second kappa shape index (κ2) is 9.42. The van der Waals surface area contributed by atoms with Crippen molar-refractivity contribution in [1.29, 1.82) is 0 Å². The molecule has 26 heavy (non-hydrogen) atoms. The molecule has 4 atom stereocenters. The lowest BCUT2D eigenvalue weighted by Gasteiger charge is -2.18. The monoisotopic (exact) mass is 364 g/mol. The van der Waals surface area contributed by atoms with E-state index < -0.39 is 42.7 Å². The number of ether oxygens (including phenoxy) is 2. The lowest BCUT2D eigenvalue weighted by atomic mass is 9.94. The Balaban J connectivity index is 1.80. The van der Waals surface area contributed by atoms with Gasteiger partial charge in [-0.2, -0.15) is 0 Å². The van der Waals surface area contributed by atoms with Gasteiger partial charge < -0.3 is 25.6 Å². The van der Waals surface area contributed by atoms with Crippen LogP contribution in [0.5, 0.6) is 0 Å². The molecule has 0 spiro atoms.